The molecule has 2 bridgehead atoms. The van der Waals surface area contributed by atoms with Crippen LogP contribution in [0.3, 0.4) is 0 Å². The fourth-order valence-corrected chi connectivity index (χ4v) is 7.47. The normalized spacial score (nSPS) is 28.8. The third-order valence-corrected chi connectivity index (χ3v) is 8.77. The minimum Gasteiger partial charge on any atom is -0.493 e. The quantitative estimate of drug-likeness (QED) is 0.505. The number of fused-ring (bicyclic) bond motifs is 2. The van der Waals surface area contributed by atoms with Crippen LogP contribution in [0.4, 0.5) is 0 Å². The Morgan fingerprint density at radius 3 is 2.94 bits per heavy atom. The Kier molecular flexibility index (Phi) is 4.61. The van der Waals surface area contributed by atoms with Gasteiger partial charge in [0.15, 0.2) is 17.3 Å². The van der Waals surface area contributed by atoms with Gasteiger partial charge in [-0.2, -0.15) is 0 Å². The number of carbonyl (C=O) groups is 1. The first-order valence-electron chi connectivity index (χ1n) is 12.4. The predicted octanol–water partition coefficient (Wildman–Crippen LogP) is 4.92. The molecule has 5 nitrogen and oxygen atoms in total. The summed E-state index contributed by atoms with van der Waals surface area (Å²) < 4.78 is 12.6. The largest absolute Gasteiger partial charge is 0.493 e. The molecule has 2 aromatic rings. The number of Topliss-reactive ketones (excluding diaryl/α,β-unsaturated/α-hetero) is 1. The van der Waals surface area contributed by atoms with Gasteiger partial charge >= 0.3 is 0 Å². The van der Waals surface area contributed by atoms with E-state index in [2.05, 4.69) is 49.4 Å². The van der Waals surface area contributed by atoms with E-state index in [1.54, 1.807) is 7.11 Å². The summed E-state index contributed by atoms with van der Waals surface area (Å²) in [6, 6.07) is 4.76. The zero-order valence-corrected chi connectivity index (χ0v) is 20.2. The molecule has 3 heterocycles. The molecule has 1 saturated heterocycles. The summed E-state index contributed by atoms with van der Waals surface area (Å²) in [5.41, 5.74) is 7.03. The number of aromatic amines is 1. The lowest BCUT2D eigenvalue weighted by molar-refractivity contribution is -0.0314. The Morgan fingerprint density at radius 1 is 1.39 bits per heavy atom. The van der Waals surface area contributed by atoms with Crippen molar-refractivity contribution in [1.82, 2.24) is 9.88 Å². The van der Waals surface area contributed by atoms with Crippen molar-refractivity contribution in [2.24, 2.45) is 11.8 Å². The first-order chi connectivity index (χ1) is 15.9. The van der Waals surface area contributed by atoms with Gasteiger partial charge in [0.25, 0.3) is 0 Å². The smallest absolute Gasteiger partial charge is 0.179 e. The van der Waals surface area contributed by atoms with Gasteiger partial charge in [-0.05, 0) is 67.3 Å². The van der Waals surface area contributed by atoms with Crippen LogP contribution in [0.15, 0.2) is 24.8 Å². The number of nitrogens with zero attached hydrogens (tertiary/aromatic N) is 1. The van der Waals surface area contributed by atoms with E-state index in [0.29, 0.717) is 24.3 Å². The number of hydrogen-bond donors (Lipinski definition) is 1. The molecule has 4 aliphatic rings. The standard InChI is InChI=1S/C28H34N2O3/c1-6-10-30-11-9-28-19-14-18-16(4)24(21(31)12-15(2)3)29-25(18)27(28)33-26-22(32-5)8-7-17(23(26)28)13-20(19)30/h6-8,15,19-20,27,29H,1,9-14H2,2-5H3/t19-,20+,27+,28-/m0/s1. The summed E-state index contributed by atoms with van der Waals surface area (Å²) in [7, 11) is 1.73. The van der Waals surface area contributed by atoms with Crippen LogP contribution in [-0.4, -0.2) is 41.9 Å². The van der Waals surface area contributed by atoms with Crippen molar-refractivity contribution in [2.75, 3.05) is 20.2 Å². The van der Waals surface area contributed by atoms with Crippen LogP contribution < -0.4 is 9.47 Å². The summed E-state index contributed by atoms with van der Waals surface area (Å²) >= 11 is 0. The van der Waals surface area contributed by atoms with Crippen LogP contribution >= 0.6 is 0 Å². The molecule has 6 rings (SSSR count). The van der Waals surface area contributed by atoms with E-state index in [0.717, 1.165) is 60.8 Å². The monoisotopic (exact) mass is 446 g/mol. The van der Waals surface area contributed by atoms with E-state index in [-0.39, 0.29) is 17.3 Å². The zero-order chi connectivity index (χ0) is 23.1. The maximum Gasteiger partial charge on any atom is 0.179 e. The van der Waals surface area contributed by atoms with Gasteiger partial charge in [0.1, 0.15) is 6.10 Å². The van der Waals surface area contributed by atoms with Crippen LogP contribution in [0.25, 0.3) is 0 Å². The van der Waals surface area contributed by atoms with Gasteiger partial charge in [0, 0.05) is 30.0 Å². The molecule has 174 valence electrons. The number of likely N-dealkylation sites (tertiary alicyclic amines) is 1. The van der Waals surface area contributed by atoms with Gasteiger partial charge in [0.05, 0.1) is 18.5 Å². The molecule has 5 heteroatoms. The van der Waals surface area contributed by atoms with Crippen LogP contribution in [0, 0.1) is 18.8 Å². The van der Waals surface area contributed by atoms with Crippen LogP contribution in [0.5, 0.6) is 11.5 Å². The minimum atomic E-state index is -0.0933. The zero-order valence-electron chi connectivity index (χ0n) is 20.2. The Bertz CT molecular complexity index is 1160. The second kappa shape index (κ2) is 7.23. The highest BCUT2D eigenvalue weighted by Gasteiger charge is 2.65. The maximum atomic E-state index is 13.1. The highest BCUT2D eigenvalue weighted by molar-refractivity contribution is 5.96. The molecule has 4 atom stereocenters. The number of hydrogen-bond acceptors (Lipinski definition) is 4. The lowest BCUT2D eigenvalue weighted by atomic mass is 9.51. The topological polar surface area (TPSA) is 54.6 Å². The lowest BCUT2D eigenvalue weighted by Crippen LogP contribution is -2.62. The van der Waals surface area contributed by atoms with E-state index in [1.165, 1.54) is 16.7 Å². The van der Waals surface area contributed by atoms with Gasteiger partial charge < -0.3 is 14.5 Å². The van der Waals surface area contributed by atoms with Gasteiger partial charge in [-0.1, -0.05) is 26.0 Å². The van der Waals surface area contributed by atoms with E-state index in [4.69, 9.17) is 9.47 Å². The molecule has 1 aromatic carbocycles. The van der Waals surface area contributed by atoms with Crippen molar-refractivity contribution < 1.29 is 14.3 Å². The van der Waals surface area contributed by atoms with Crippen molar-refractivity contribution in [3.8, 4) is 11.5 Å². The number of aromatic nitrogens is 1. The van der Waals surface area contributed by atoms with Gasteiger partial charge in [0.2, 0.25) is 0 Å². The summed E-state index contributed by atoms with van der Waals surface area (Å²) in [4.78, 5) is 19.3. The molecule has 1 aromatic heterocycles. The summed E-state index contributed by atoms with van der Waals surface area (Å²) in [5.74, 6) is 2.75. The van der Waals surface area contributed by atoms with E-state index < -0.39 is 0 Å². The van der Waals surface area contributed by atoms with E-state index in [1.807, 2.05) is 6.08 Å². The molecular weight excluding hydrogens is 412 g/mol. The number of ketones is 1. The number of piperidine rings is 1. The predicted molar refractivity (Wildman–Crippen MR) is 128 cm³/mol. The second-order valence-electron chi connectivity index (χ2n) is 10.8. The van der Waals surface area contributed by atoms with Gasteiger partial charge in [-0.3, -0.25) is 9.69 Å². The van der Waals surface area contributed by atoms with E-state index >= 15 is 0 Å². The number of nitrogens with one attached hydrogen (secondary N) is 1. The van der Waals surface area contributed by atoms with Crippen molar-refractivity contribution >= 4 is 5.78 Å². The molecular formula is C28H34N2O3. The molecule has 2 aliphatic carbocycles. The molecule has 1 spiro atoms. The molecule has 33 heavy (non-hydrogen) atoms. The average Bonchev–Trinajstić information content (AvgIpc) is 3.29. The van der Waals surface area contributed by atoms with Crippen LogP contribution in [-0.2, 0) is 18.3 Å². The summed E-state index contributed by atoms with van der Waals surface area (Å²) in [6.07, 6.45) is 5.57. The summed E-state index contributed by atoms with van der Waals surface area (Å²) in [5, 5.41) is 0. The Morgan fingerprint density at radius 2 is 2.21 bits per heavy atom. The van der Waals surface area contributed by atoms with Crippen molar-refractivity contribution in [3.05, 3.63) is 58.4 Å². The number of benzene rings is 1. The third kappa shape index (κ3) is 2.66. The van der Waals surface area contributed by atoms with Gasteiger partial charge in [-0.25, -0.2) is 0 Å². The van der Waals surface area contributed by atoms with E-state index in [9.17, 15) is 4.79 Å². The number of rotatable bonds is 6. The highest BCUT2D eigenvalue weighted by Crippen LogP contribution is 2.67. The van der Waals surface area contributed by atoms with Gasteiger partial charge in [-0.15, -0.1) is 6.58 Å². The first-order valence-corrected chi connectivity index (χ1v) is 12.4. The number of ether oxygens (including phenoxy) is 2. The molecule has 0 amide bonds. The molecule has 0 radical (unpaired) electrons. The highest BCUT2D eigenvalue weighted by atomic mass is 16.5. The minimum absolute atomic E-state index is 0.0670. The maximum absolute atomic E-state index is 13.1. The number of H-pyrrole nitrogens is 1. The fourth-order valence-electron chi connectivity index (χ4n) is 7.47. The Hall–Kier alpha value is -2.53. The van der Waals surface area contributed by atoms with Crippen LogP contribution in [0.1, 0.15) is 71.2 Å². The molecule has 0 saturated carbocycles. The fraction of sp³-hybridized carbons (Fsp3) is 0.536. The van der Waals surface area contributed by atoms with Crippen molar-refractivity contribution in [2.45, 2.75) is 64.0 Å². The van der Waals surface area contributed by atoms with Crippen LogP contribution in [0.2, 0.25) is 0 Å². The average molecular weight is 447 g/mol. The molecule has 0 unspecified atom stereocenters. The SMILES string of the molecule is C=CCN1CC[C@]23c4c5ccc(OC)c4O[C@@H]2c2[nH]c(C(=O)CC(C)C)c(C)c2C[C@H]3[C@H]1C5. The molecule has 1 N–H and O–H groups in total. The number of methoxy groups -OCH3 is 1. The molecule has 1 fully saturated rings. The first kappa shape index (κ1) is 21.0. The van der Waals surface area contributed by atoms with Crippen molar-refractivity contribution in [1.29, 1.82) is 0 Å². The molecule has 2 aliphatic heterocycles. The Labute approximate surface area is 196 Å². The van der Waals surface area contributed by atoms with Crippen molar-refractivity contribution in [3.63, 3.8) is 0 Å². The lowest BCUT2D eigenvalue weighted by Gasteiger charge is -2.58. The third-order valence-electron chi connectivity index (χ3n) is 8.77. The summed E-state index contributed by atoms with van der Waals surface area (Å²) in [6.45, 7) is 12.3. The second-order valence-corrected chi connectivity index (χ2v) is 10.8. The Balaban J connectivity index is 1.55. The number of carbonyl (C=O) groups excluding carboxylic acids is 1.